The molecular weight excluding hydrogens is 546 g/mol. The third kappa shape index (κ3) is 8.95. The van der Waals surface area contributed by atoms with E-state index in [1.54, 1.807) is 35.4 Å². The van der Waals surface area contributed by atoms with Crippen molar-refractivity contribution in [1.82, 2.24) is 34.6 Å². The van der Waals surface area contributed by atoms with Crippen molar-refractivity contribution in [3.8, 4) is 11.6 Å². The normalized spacial score (nSPS) is 13.3. The van der Waals surface area contributed by atoms with Crippen molar-refractivity contribution in [3.05, 3.63) is 78.3 Å². The van der Waals surface area contributed by atoms with Gasteiger partial charge in [0, 0.05) is 49.5 Å². The predicted octanol–water partition coefficient (Wildman–Crippen LogP) is 3.78. The highest BCUT2D eigenvalue weighted by atomic mass is 16.5. The fraction of sp³-hybridized carbons (Fsp3) is 0.419. The first-order valence-corrected chi connectivity index (χ1v) is 14.9. The highest BCUT2D eigenvalue weighted by Gasteiger charge is 2.20. The Morgan fingerprint density at radius 2 is 2.09 bits per heavy atom. The number of carboxylic acids is 1. The van der Waals surface area contributed by atoms with Crippen molar-refractivity contribution in [2.75, 3.05) is 43.4 Å². The van der Waals surface area contributed by atoms with E-state index in [1.165, 1.54) is 11.9 Å². The number of rotatable bonds is 16. The Bertz CT molecular complexity index is 1450. The number of aromatic nitrogens is 6. The van der Waals surface area contributed by atoms with Gasteiger partial charge in [-0.2, -0.15) is 5.10 Å². The SMILES string of the molecule is Cc1ccc(OCCN(CCCCc2ccc3c(n2)NCCC3)CC[C@H](Nc2cc(-n3cccn3)ncn2)C(=O)O)cn1. The second-order valence-corrected chi connectivity index (χ2v) is 10.7. The van der Waals surface area contributed by atoms with Gasteiger partial charge in [0.15, 0.2) is 5.82 Å². The van der Waals surface area contributed by atoms with E-state index < -0.39 is 12.0 Å². The summed E-state index contributed by atoms with van der Waals surface area (Å²) in [6, 6.07) is 10.8. The molecule has 4 aromatic rings. The zero-order valence-electron chi connectivity index (χ0n) is 24.5. The Hall–Kier alpha value is -4.58. The van der Waals surface area contributed by atoms with Crippen LogP contribution in [0.5, 0.6) is 5.75 Å². The van der Waals surface area contributed by atoms with Crippen LogP contribution >= 0.6 is 0 Å². The average molecular weight is 586 g/mol. The van der Waals surface area contributed by atoms with Gasteiger partial charge in [-0.15, -0.1) is 0 Å². The van der Waals surface area contributed by atoms with Crippen LogP contribution in [0.1, 0.15) is 42.6 Å². The van der Waals surface area contributed by atoms with E-state index in [0.29, 0.717) is 37.8 Å². The van der Waals surface area contributed by atoms with E-state index in [4.69, 9.17) is 9.72 Å². The summed E-state index contributed by atoms with van der Waals surface area (Å²) in [7, 11) is 0. The summed E-state index contributed by atoms with van der Waals surface area (Å²) in [5.74, 6) is 1.80. The standard InChI is InChI=1S/C31H39N9O3/c1-23-8-11-26(21-33-23)43-19-18-39(15-3-2-7-25-10-9-24-6-4-13-32-30(24)37-25)17-12-27(31(41)42)38-28-20-29(35-22-34-28)40-16-5-14-36-40/h5,8-11,14,16,20-22,27H,2-4,6-7,12-13,15,17-19H2,1H3,(H,32,37)(H,41,42)(H,34,35,38)/t27-/m0/s1. The molecule has 0 bridgehead atoms. The molecule has 4 aromatic heterocycles. The first kappa shape index (κ1) is 29.9. The van der Waals surface area contributed by atoms with E-state index in [9.17, 15) is 9.90 Å². The monoisotopic (exact) mass is 585 g/mol. The molecule has 0 saturated carbocycles. The Balaban J connectivity index is 1.16. The fourth-order valence-corrected chi connectivity index (χ4v) is 5.02. The van der Waals surface area contributed by atoms with Crippen molar-refractivity contribution < 1.29 is 14.6 Å². The van der Waals surface area contributed by atoms with Gasteiger partial charge in [-0.3, -0.25) is 9.88 Å². The minimum Gasteiger partial charge on any atom is -0.491 e. The highest BCUT2D eigenvalue weighted by Crippen LogP contribution is 2.20. The van der Waals surface area contributed by atoms with Crippen LogP contribution in [0.3, 0.4) is 0 Å². The number of ether oxygens (including phenoxy) is 1. The van der Waals surface area contributed by atoms with Crippen LogP contribution in [0.4, 0.5) is 11.6 Å². The largest absolute Gasteiger partial charge is 0.491 e. The van der Waals surface area contributed by atoms with Gasteiger partial charge >= 0.3 is 5.97 Å². The number of unbranched alkanes of at least 4 members (excludes halogenated alkanes) is 1. The molecular formula is C31H39N9O3. The number of aryl methyl sites for hydroxylation is 3. The number of hydrogen-bond acceptors (Lipinski definition) is 10. The van der Waals surface area contributed by atoms with Crippen LogP contribution in [-0.2, 0) is 17.6 Å². The van der Waals surface area contributed by atoms with Crippen LogP contribution in [-0.4, -0.2) is 84.5 Å². The van der Waals surface area contributed by atoms with Crippen molar-refractivity contribution in [2.24, 2.45) is 0 Å². The molecule has 0 spiro atoms. The minimum absolute atomic E-state index is 0.389. The van der Waals surface area contributed by atoms with Gasteiger partial charge in [-0.25, -0.2) is 24.4 Å². The van der Waals surface area contributed by atoms with Crippen LogP contribution in [0.25, 0.3) is 5.82 Å². The summed E-state index contributed by atoms with van der Waals surface area (Å²) >= 11 is 0. The number of hydrogen-bond donors (Lipinski definition) is 3. The number of carbonyl (C=O) groups is 1. The second-order valence-electron chi connectivity index (χ2n) is 10.7. The number of fused-ring (bicyclic) bond motifs is 1. The predicted molar refractivity (Wildman–Crippen MR) is 164 cm³/mol. The molecule has 12 nitrogen and oxygen atoms in total. The summed E-state index contributed by atoms with van der Waals surface area (Å²) in [6.45, 7) is 5.47. The van der Waals surface area contributed by atoms with Gasteiger partial charge in [0.1, 0.15) is 36.4 Å². The molecule has 0 aliphatic carbocycles. The molecule has 0 radical (unpaired) electrons. The summed E-state index contributed by atoms with van der Waals surface area (Å²) in [4.78, 5) is 32.0. The smallest absolute Gasteiger partial charge is 0.326 e. The molecule has 0 saturated heterocycles. The third-order valence-electron chi connectivity index (χ3n) is 7.42. The molecule has 5 heterocycles. The minimum atomic E-state index is -0.937. The molecule has 3 N–H and O–H groups in total. The Morgan fingerprint density at radius 3 is 2.91 bits per heavy atom. The molecule has 0 amide bonds. The van der Waals surface area contributed by atoms with Crippen LogP contribution < -0.4 is 15.4 Å². The molecule has 0 aromatic carbocycles. The summed E-state index contributed by atoms with van der Waals surface area (Å²) in [5, 5.41) is 20.6. The first-order chi connectivity index (χ1) is 21.0. The third-order valence-corrected chi connectivity index (χ3v) is 7.42. The summed E-state index contributed by atoms with van der Waals surface area (Å²) in [5.41, 5.74) is 3.33. The van der Waals surface area contributed by atoms with E-state index in [2.05, 4.69) is 47.7 Å². The maximum atomic E-state index is 12.2. The van der Waals surface area contributed by atoms with E-state index in [1.807, 2.05) is 19.1 Å². The number of anilines is 2. The van der Waals surface area contributed by atoms with Crippen LogP contribution in [0.15, 0.2) is 61.3 Å². The lowest BCUT2D eigenvalue weighted by atomic mass is 10.1. The molecule has 5 rings (SSSR count). The van der Waals surface area contributed by atoms with Gasteiger partial charge < -0.3 is 20.5 Å². The van der Waals surface area contributed by atoms with E-state index >= 15 is 0 Å². The molecule has 43 heavy (non-hydrogen) atoms. The molecule has 12 heteroatoms. The lowest BCUT2D eigenvalue weighted by Crippen LogP contribution is -2.37. The molecule has 1 aliphatic heterocycles. The van der Waals surface area contributed by atoms with Crippen molar-refractivity contribution >= 4 is 17.6 Å². The van der Waals surface area contributed by atoms with Crippen molar-refractivity contribution in [1.29, 1.82) is 0 Å². The number of carboxylic acid groups (broad SMARTS) is 1. The van der Waals surface area contributed by atoms with Gasteiger partial charge in [-0.05, 0) is 81.8 Å². The number of pyridine rings is 2. The van der Waals surface area contributed by atoms with Crippen LogP contribution in [0, 0.1) is 6.92 Å². The Labute approximate surface area is 251 Å². The molecule has 0 unspecified atom stereocenters. The van der Waals surface area contributed by atoms with Gasteiger partial charge in [-0.1, -0.05) is 6.07 Å². The second kappa shape index (κ2) is 15.1. The Kier molecular flexibility index (Phi) is 10.5. The average Bonchev–Trinajstić information content (AvgIpc) is 3.57. The topological polar surface area (TPSA) is 143 Å². The zero-order valence-corrected chi connectivity index (χ0v) is 24.5. The first-order valence-electron chi connectivity index (χ1n) is 14.9. The van der Waals surface area contributed by atoms with E-state index in [0.717, 1.165) is 68.1 Å². The van der Waals surface area contributed by atoms with Gasteiger partial charge in [0.05, 0.1) is 6.20 Å². The van der Waals surface area contributed by atoms with E-state index in [-0.39, 0.29) is 0 Å². The lowest BCUT2D eigenvalue weighted by Gasteiger charge is -2.24. The summed E-state index contributed by atoms with van der Waals surface area (Å²) in [6.07, 6.45) is 12.0. The van der Waals surface area contributed by atoms with Crippen molar-refractivity contribution in [2.45, 2.75) is 51.5 Å². The number of nitrogens with one attached hydrogen (secondary N) is 2. The molecule has 226 valence electrons. The quantitative estimate of drug-likeness (QED) is 0.165. The summed E-state index contributed by atoms with van der Waals surface area (Å²) < 4.78 is 7.54. The zero-order chi connectivity index (χ0) is 29.9. The van der Waals surface area contributed by atoms with Gasteiger partial charge in [0.2, 0.25) is 0 Å². The maximum absolute atomic E-state index is 12.2. The van der Waals surface area contributed by atoms with Crippen LogP contribution in [0.2, 0.25) is 0 Å². The lowest BCUT2D eigenvalue weighted by molar-refractivity contribution is -0.138. The fourth-order valence-electron chi connectivity index (χ4n) is 5.02. The highest BCUT2D eigenvalue weighted by molar-refractivity contribution is 5.76. The molecule has 1 aliphatic rings. The molecule has 1 atom stereocenters. The molecule has 0 fully saturated rings. The Morgan fingerprint density at radius 1 is 1.16 bits per heavy atom. The van der Waals surface area contributed by atoms with Gasteiger partial charge in [0.25, 0.3) is 0 Å². The maximum Gasteiger partial charge on any atom is 0.326 e. The number of nitrogens with zero attached hydrogens (tertiary/aromatic N) is 7. The number of aliphatic carboxylic acids is 1. The van der Waals surface area contributed by atoms with Crippen molar-refractivity contribution in [3.63, 3.8) is 0 Å².